The van der Waals surface area contributed by atoms with Gasteiger partial charge >= 0.3 is 0 Å². The number of anilines is 2. The minimum Gasteiger partial charge on any atom is -0.496 e. The maximum absolute atomic E-state index is 14.1. The Kier molecular flexibility index (Phi) is 6.83. The van der Waals surface area contributed by atoms with Crippen molar-refractivity contribution in [1.82, 2.24) is 4.98 Å². The van der Waals surface area contributed by atoms with Crippen LogP contribution in [0, 0.1) is 12.8 Å². The monoisotopic (exact) mass is 494 g/mol. The molecule has 1 unspecified atom stereocenters. The van der Waals surface area contributed by atoms with Crippen molar-refractivity contribution in [2.75, 3.05) is 17.4 Å². The number of nitrogens with zero attached hydrogens (tertiary/aromatic N) is 3. The Balaban J connectivity index is 0.00000380. The van der Waals surface area contributed by atoms with E-state index in [2.05, 4.69) is 15.4 Å². The summed E-state index contributed by atoms with van der Waals surface area (Å²) in [6.45, 7) is 4.89. The highest BCUT2D eigenvalue weighted by Crippen LogP contribution is 2.37. The normalized spacial score (nSPS) is 15.6. The molecule has 4 rings (SSSR count). The average Bonchev–Trinajstić information content (AvgIpc) is 3.17. The number of aryl methyl sites for hydroxylation is 1. The molecule has 1 aliphatic rings. The fourth-order valence-corrected chi connectivity index (χ4v) is 4.11. The van der Waals surface area contributed by atoms with Gasteiger partial charge in [0, 0.05) is 37.1 Å². The van der Waals surface area contributed by atoms with Gasteiger partial charge in [-0.15, -0.1) is 0 Å². The number of pyridine rings is 1. The van der Waals surface area contributed by atoms with Crippen molar-refractivity contribution in [3.63, 3.8) is 0 Å². The van der Waals surface area contributed by atoms with Gasteiger partial charge in [-0.25, -0.2) is 8.78 Å². The summed E-state index contributed by atoms with van der Waals surface area (Å²) in [6, 6.07) is 12.5. The number of benzene rings is 2. The molecule has 0 radical (unpaired) electrons. The first kappa shape index (κ1) is 25.0. The molecule has 0 fully saturated rings. The molecule has 188 valence electrons. The molecule has 2 aromatic carbocycles. The average molecular weight is 495 g/mol. The number of ether oxygens (including phenoxy) is 1. The molecule has 9 heteroatoms. The summed E-state index contributed by atoms with van der Waals surface area (Å²) in [4.78, 5) is 30.4. The highest BCUT2D eigenvalue weighted by atomic mass is 19.3. The summed E-state index contributed by atoms with van der Waals surface area (Å²) in [7, 11) is 1.56. The first-order valence-corrected chi connectivity index (χ1v) is 11.4. The third-order valence-electron chi connectivity index (χ3n) is 6.13. The maximum atomic E-state index is 14.1. The Morgan fingerprint density at radius 1 is 1.17 bits per heavy atom. The topological polar surface area (TPSA) is 83.9 Å². The molecule has 36 heavy (non-hydrogen) atoms. The SMILES string of the molecule is CCC(F)(F)c1cccc(NC(=O)C2C(=O)N(c3ccc(OC)c(-c4ccncc4C)c3)N=C2C)c1.[HH]. The summed E-state index contributed by atoms with van der Waals surface area (Å²) in [5.74, 6) is -4.77. The maximum Gasteiger partial charge on any atom is 0.273 e. The Morgan fingerprint density at radius 3 is 2.64 bits per heavy atom. The van der Waals surface area contributed by atoms with Crippen molar-refractivity contribution in [1.29, 1.82) is 0 Å². The third-order valence-corrected chi connectivity index (χ3v) is 6.13. The summed E-state index contributed by atoms with van der Waals surface area (Å²) >= 11 is 0. The Morgan fingerprint density at radius 2 is 1.94 bits per heavy atom. The number of amides is 2. The number of carbonyl (C=O) groups excluding carboxylic acids is 2. The third kappa shape index (κ3) is 4.68. The molecule has 0 saturated heterocycles. The number of methoxy groups -OCH3 is 1. The van der Waals surface area contributed by atoms with Gasteiger partial charge in [-0.3, -0.25) is 14.6 Å². The van der Waals surface area contributed by atoms with Crippen LogP contribution in [0.2, 0.25) is 0 Å². The Hall–Kier alpha value is -4.14. The highest BCUT2D eigenvalue weighted by Gasteiger charge is 2.40. The standard InChI is InChI=1S/C27H26F2N4O3.H2/c1-5-27(28,29)18-7-6-8-19(13-18)31-25(34)24-17(3)32-33(26(24)35)20-9-10-23(36-4)22(14-20)21-11-12-30-15-16(21)2;/h6-15,24H,5H2,1-4H3,(H,31,34);1H. The molecule has 0 bridgehead atoms. The van der Waals surface area contributed by atoms with E-state index in [9.17, 15) is 18.4 Å². The molecule has 1 aromatic heterocycles. The van der Waals surface area contributed by atoms with Gasteiger partial charge in [-0.2, -0.15) is 10.1 Å². The molecule has 0 aliphatic carbocycles. The van der Waals surface area contributed by atoms with Crippen LogP contribution < -0.4 is 15.1 Å². The predicted octanol–water partition coefficient (Wildman–Crippen LogP) is 5.79. The predicted molar refractivity (Wildman–Crippen MR) is 136 cm³/mol. The lowest BCUT2D eigenvalue weighted by atomic mass is 10.00. The number of hydrogen-bond acceptors (Lipinski definition) is 5. The number of carbonyl (C=O) groups is 2. The fourth-order valence-electron chi connectivity index (χ4n) is 4.11. The van der Waals surface area contributed by atoms with Gasteiger partial charge in [-0.05, 0) is 61.4 Å². The van der Waals surface area contributed by atoms with Gasteiger partial charge in [-0.1, -0.05) is 19.1 Å². The minimum atomic E-state index is -3.02. The summed E-state index contributed by atoms with van der Waals surface area (Å²) in [6.07, 6.45) is 3.04. The lowest BCUT2D eigenvalue weighted by Gasteiger charge is -2.18. The van der Waals surface area contributed by atoms with Crippen molar-refractivity contribution in [2.45, 2.75) is 33.1 Å². The Labute approximate surface area is 209 Å². The van der Waals surface area contributed by atoms with Crippen molar-refractivity contribution in [3.8, 4) is 16.9 Å². The molecule has 7 nitrogen and oxygen atoms in total. The molecule has 1 N–H and O–H groups in total. The van der Waals surface area contributed by atoms with Gasteiger partial charge < -0.3 is 10.1 Å². The first-order chi connectivity index (χ1) is 17.2. The molecule has 0 spiro atoms. The molecule has 2 amide bonds. The smallest absolute Gasteiger partial charge is 0.273 e. The van der Waals surface area contributed by atoms with E-state index in [0.29, 0.717) is 17.1 Å². The van der Waals surface area contributed by atoms with Gasteiger partial charge in [0.15, 0.2) is 5.92 Å². The van der Waals surface area contributed by atoms with E-state index in [1.807, 2.05) is 13.0 Å². The zero-order chi connectivity index (χ0) is 26.0. The number of aromatic nitrogens is 1. The molecule has 1 aliphatic heterocycles. The van der Waals surface area contributed by atoms with E-state index >= 15 is 0 Å². The second-order valence-corrected chi connectivity index (χ2v) is 8.53. The van der Waals surface area contributed by atoms with Crippen LogP contribution in [0.25, 0.3) is 11.1 Å². The second kappa shape index (κ2) is 9.85. The summed E-state index contributed by atoms with van der Waals surface area (Å²) < 4.78 is 33.7. The number of rotatable bonds is 7. The molecule has 1 atom stereocenters. The van der Waals surface area contributed by atoms with Gasteiger partial charge in [0.05, 0.1) is 18.5 Å². The molecular formula is C27H28F2N4O3. The Bertz CT molecular complexity index is 1360. The summed E-state index contributed by atoms with van der Waals surface area (Å²) in [5.41, 5.74) is 3.30. The number of hydrogen-bond donors (Lipinski definition) is 1. The van der Waals surface area contributed by atoms with Crippen LogP contribution in [-0.2, 0) is 15.5 Å². The summed E-state index contributed by atoms with van der Waals surface area (Å²) in [5, 5.41) is 8.10. The lowest BCUT2D eigenvalue weighted by Crippen LogP contribution is -2.36. The van der Waals surface area contributed by atoms with Gasteiger partial charge in [0.1, 0.15) is 5.75 Å². The van der Waals surface area contributed by atoms with Crippen molar-refractivity contribution in [2.24, 2.45) is 11.0 Å². The molecule has 2 heterocycles. The van der Waals surface area contributed by atoms with Crippen LogP contribution in [0.3, 0.4) is 0 Å². The van der Waals surface area contributed by atoms with Crippen LogP contribution >= 0.6 is 0 Å². The fraction of sp³-hybridized carbons (Fsp3) is 0.259. The largest absolute Gasteiger partial charge is 0.496 e. The molecule has 3 aromatic rings. The van der Waals surface area contributed by atoms with Crippen LogP contribution in [0.1, 0.15) is 32.8 Å². The van der Waals surface area contributed by atoms with Gasteiger partial charge in [0.2, 0.25) is 5.91 Å². The first-order valence-electron chi connectivity index (χ1n) is 11.4. The van der Waals surface area contributed by atoms with E-state index in [1.165, 1.54) is 36.2 Å². The number of alkyl halides is 2. The van der Waals surface area contributed by atoms with Crippen LogP contribution in [0.4, 0.5) is 20.2 Å². The highest BCUT2D eigenvalue weighted by molar-refractivity contribution is 6.28. The zero-order valence-electron chi connectivity index (χ0n) is 20.4. The van der Waals surface area contributed by atoms with Crippen LogP contribution in [0.15, 0.2) is 66.0 Å². The quantitative estimate of drug-likeness (QED) is 0.422. The second-order valence-electron chi connectivity index (χ2n) is 8.53. The van der Waals surface area contributed by atoms with E-state index in [0.717, 1.165) is 16.7 Å². The number of hydrazone groups is 1. The molecular weight excluding hydrogens is 466 g/mol. The van der Waals surface area contributed by atoms with Crippen LogP contribution in [-0.4, -0.2) is 29.6 Å². The molecule has 0 saturated carbocycles. The minimum absolute atomic E-state index is 0. The number of halogens is 2. The number of nitrogens with one attached hydrogen (secondary N) is 1. The van der Waals surface area contributed by atoms with E-state index < -0.39 is 23.7 Å². The van der Waals surface area contributed by atoms with E-state index in [-0.39, 0.29) is 19.1 Å². The van der Waals surface area contributed by atoms with Crippen molar-refractivity contribution in [3.05, 3.63) is 72.1 Å². The zero-order valence-corrected chi connectivity index (χ0v) is 20.4. The van der Waals surface area contributed by atoms with E-state index in [1.54, 1.807) is 44.6 Å². The van der Waals surface area contributed by atoms with Crippen molar-refractivity contribution >= 4 is 28.9 Å². The van der Waals surface area contributed by atoms with E-state index in [4.69, 9.17) is 4.74 Å². The van der Waals surface area contributed by atoms with Crippen molar-refractivity contribution < 1.29 is 24.5 Å². The van der Waals surface area contributed by atoms with Gasteiger partial charge in [0.25, 0.3) is 11.8 Å². The lowest BCUT2D eigenvalue weighted by molar-refractivity contribution is -0.127. The van der Waals surface area contributed by atoms with Crippen LogP contribution in [0.5, 0.6) is 5.75 Å².